The molecule has 1 saturated heterocycles. The Morgan fingerprint density at radius 2 is 1.88 bits per heavy atom. The zero-order valence-electron chi connectivity index (χ0n) is 14.7. The summed E-state index contributed by atoms with van der Waals surface area (Å²) in [5.74, 6) is 1.19. The van der Waals surface area contributed by atoms with Crippen LogP contribution in [0.1, 0.15) is 18.4 Å². The molecule has 0 aliphatic carbocycles. The van der Waals surface area contributed by atoms with Gasteiger partial charge in [-0.2, -0.15) is 0 Å². The molecule has 1 heterocycles. The summed E-state index contributed by atoms with van der Waals surface area (Å²) in [5.41, 5.74) is 7.35. The van der Waals surface area contributed by atoms with E-state index in [9.17, 15) is 4.79 Å². The lowest BCUT2D eigenvalue weighted by Gasteiger charge is -2.22. The van der Waals surface area contributed by atoms with Crippen LogP contribution in [0.3, 0.4) is 0 Å². The number of nitrogens with one attached hydrogen (secondary N) is 3. The molecule has 0 radical (unpaired) electrons. The molecule has 2 aromatic carbocycles. The van der Waals surface area contributed by atoms with Crippen LogP contribution in [0.15, 0.2) is 48.5 Å². The SMILES string of the molecule is COc1ccc(OCC(=O)NC2NNC(C)C2c2cccc(Cl)c2)cc1. The van der Waals surface area contributed by atoms with Gasteiger partial charge in [-0.15, -0.1) is 0 Å². The van der Waals surface area contributed by atoms with Crippen molar-refractivity contribution in [3.8, 4) is 11.5 Å². The fourth-order valence-corrected chi connectivity index (χ4v) is 3.25. The van der Waals surface area contributed by atoms with E-state index in [2.05, 4.69) is 23.1 Å². The average molecular weight is 376 g/mol. The van der Waals surface area contributed by atoms with Gasteiger partial charge < -0.3 is 14.8 Å². The Labute approximate surface area is 157 Å². The monoisotopic (exact) mass is 375 g/mol. The van der Waals surface area contributed by atoms with Gasteiger partial charge in [0.1, 0.15) is 17.7 Å². The quantitative estimate of drug-likeness (QED) is 0.723. The van der Waals surface area contributed by atoms with Crippen LogP contribution < -0.4 is 25.6 Å². The van der Waals surface area contributed by atoms with Crippen molar-refractivity contribution < 1.29 is 14.3 Å². The summed E-state index contributed by atoms with van der Waals surface area (Å²) in [5, 5.41) is 3.64. The summed E-state index contributed by atoms with van der Waals surface area (Å²) in [6, 6.07) is 14.9. The van der Waals surface area contributed by atoms with Crippen molar-refractivity contribution in [2.24, 2.45) is 0 Å². The number of benzene rings is 2. The molecule has 0 bridgehead atoms. The van der Waals surface area contributed by atoms with Crippen molar-refractivity contribution in [3.05, 3.63) is 59.1 Å². The summed E-state index contributed by atoms with van der Waals surface area (Å²) in [7, 11) is 1.60. The molecule has 138 valence electrons. The number of methoxy groups -OCH3 is 1. The van der Waals surface area contributed by atoms with Gasteiger partial charge >= 0.3 is 0 Å². The van der Waals surface area contributed by atoms with Crippen LogP contribution >= 0.6 is 11.6 Å². The highest BCUT2D eigenvalue weighted by Gasteiger charge is 2.35. The number of hydrogen-bond acceptors (Lipinski definition) is 5. The minimum Gasteiger partial charge on any atom is -0.497 e. The number of carbonyl (C=O) groups is 1. The van der Waals surface area contributed by atoms with Gasteiger partial charge in [-0.05, 0) is 48.9 Å². The molecule has 3 N–H and O–H groups in total. The van der Waals surface area contributed by atoms with Gasteiger partial charge in [-0.1, -0.05) is 23.7 Å². The van der Waals surface area contributed by atoms with Crippen LogP contribution in [0.5, 0.6) is 11.5 Å². The lowest BCUT2D eigenvalue weighted by Crippen LogP contribution is -2.47. The van der Waals surface area contributed by atoms with Gasteiger partial charge in [0.05, 0.1) is 7.11 Å². The molecular formula is C19H22ClN3O3. The number of hydrazine groups is 1. The molecular weight excluding hydrogens is 354 g/mol. The van der Waals surface area contributed by atoms with Gasteiger partial charge in [0, 0.05) is 17.0 Å². The Kier molecular flexibility index (Phi) is 5.98. The van der Waals surface area contributed by atoms with Crippen LogP contribution in [0, 0.1) is 0 Å². The lowest BCUT2D eigenvalue weighted by molar-refractivity contribution is -0.124. The van der Waals surface area contributed by atoms with Gasteiger partial charge in [-0.25, -0.2) is 5.43 Å². The van der Waals surface area contributed by atoms with Gasteiger partial charge in [0.25, 0.3) is 5.91 Å². The van der Waals surface area contributed by atoms with Crippen LogP contribution in [0.25, 0.3) is 0 Å². The third kappa shape index (κ3) is 4.46. The Bertz CT molecular complexity index is 754. The molecule has 1 aliphatic heterocycles. The van der Waals surface area contributed by atoms with Crippen molar-refractivity contribution in [3.63, 3.8) is 0 Å². The van der Waals surface area contributed by atoms with E-state index in [1.54, 1.807) is 31.4 Å². The molecule has 1 aliphatic rings. The van der Waals surface area contributed by atoms with Crippen molar-refractivity contribution >= 4 is 17.5 Å². The first-order valence-corrected chi connectivity index (χ1v) is 8.77. The van der Waals surface area contributed by atoms with Crippen LogP contribution in [-0.4, -0.2) is 31.8 Å². The van der Waals surface area contributed by atoms with E-state index in [1.165, 1.54) is 0 Å². The molecule has 3 unspecified atom stereocenters. The summed E-state index contributed by atoms with van der Waals surface area (Å²) in [6.45, 7) is 1.99. The maximum Gasteiger partial charge on any atom is 0.259 e. The molecule has 6 nitrogen and oxygen atoms in total. The number of amides is 1. The Morgan fingerprint density at radius 3 is 2.58 bits per heavy atom. The molecule has 26 heavy (non-hydrogen) atoms. The normalized spacial score (nSPS) is 22.0. The van der Waals surface area contributed by atoms with E-state index >= 15 is 0 Å². The number of halogens is 1. The third-order valence-electron chi connectivity index (χ3n) is 4.34. The molecule has 3 atom stereocenters. The van der Waals surface area contributed by atoms with E-state index in [0.717, 1.165) is 11.3 Å². The van der Waals surface area contributed by atoms with Crippen molar-refractivity contribution in [1.29, 1.82) is 0 Å². The predicted molar refractivity (Wildman–Crippen MR) is 100 cm³/mol. The first-order chi connectivity index (χ1) is 12.6. The van der Waals surface area contributed by atoms with Crippen molar-refractivity contribution in [2.75, 3.05) is 13.7 Å². The second-order valence-corrected chi connectivity index (χ2v) is 6.60. The van der Waals surface area contributed by atoms with E-state index in [0.29, 0.717) is 10.8 Å². The predicted octanol–water partition coefficient (Wildman–Crippen LogP) is 2.45. The molecule has 0 spiro atoms. The van der Waals surface area contributed by atoms with Crippen LogP contribution in [0.4, 0.5) is 0 Å². The molecule has 0 aromatic heterocycles. The summed E-state index contributed by atoms with van der Waals surface area (Å²) < 4.78 is 10.6. The fraction of sp³-hybridized carbons (Fsp3) is 0.316. The lowest BCUT2D eigenvalue weighted by atomic mass is 9.91. The second-order valence-electron chi connectivity index (χ2n) is 6.17. The maximum atomic E-state index is 12.3. The van der Waals surface area contributed by atoms with E-state index in [1.807, 2.05) is 24.3 Å². The molecule has 0 saturated carbocycles. The smallest absolute Gasteiger partial charge is 0.259 e. The first kappa shape index (κ1) is 18.5. The zero-order chi connectivity index (χ0) is 18.5. The average Bonchev–Trinajstić information content (AvgIpc) is 3.00. The Hall–Kier alpha value is -2.28. The third-order valence-corrected chi connectivity index (χ3v) is 4.58. The van der Waals surface area contributed by atoms with Crippen LogP contribution in [0.2, 0.25) is 5.02 Å². The van der Waals surface area contributed by atoms with Crippen LogP contribution in [-0.2, 0) is 4.79 Å². The molecule has 1 fully saturated rings. The first-order valence-electron chi connectivity index (χ1n) is 8.39. The summed E-state index contributed by atoms with van der Waals surface area (Å²) in [6.07, 6.45) is -0.254. The summed E-state index contributed by atoms with van der Waals surface area (Å²) in [4.78, 5) is 12.3. The fourth-order valence-electron chi connectivity index (χ4n) is 3.05. The Morgan fingerprint density at radius 1 is 1.15 bits per heavy atom. The van der Waals surface area contributed by atoms with E-state index < -0.39 is 0 Å². The largest absolute Gasteiger partial charge is 0.497 e. The van der Waals surface area contributed by atoms with Gasteiger partial charge in [-0.3, -0.25) is 10.2 Å². The molecule has 2 aromatic rings. The van der Waals surface area contributed by atoms with Crippen molar-refractivity contribution in [2.45, 2.75) is 25.0 Å². The minimum absolute atomic E-state index is 0.0543. The van der Waals surface area contributed by atoms with Crippen molar-refractivity contribution in [1.82, 2.24) is 16.2 Å². The minimum atomic E-state index is -0.254. The van der Waals surface area contributed by atoms with E-state index in [4.69, 9.17) is 21.1 Å². The highest BCUT2D eigenvalue weighted by molar-refractivity contribution is 6.30. The van der Waals surface area contributed by atoms with Gasteiger partial charge in [0.2, 0.25) is 0 Å². The highest BCUT2D eigenvalue weighted by atomic mass is 35.5. The number of ether oxygens (including phenoxy) is 2. The molecule has 3 rings (SSSR count). The second kappa shape index (κ2) is 8.40. The standard InChI is InChI=1S/C19H22ClN3O3/c1-12-18(13-4-3-5-14(20)10-13)19(23-22-12)21-17(24)11-26-16-8-6-15(25-2)7-9-16/h3-10,12,18-19,22-23H,11H2,1-2H3,(H,21,24). The molecule has 1 amide bonds. The Balaban J connectivity index is 1.58. The number of rotatable bonds is 6. The van der Waals surface area contributed by atoms with Gasteiger partial charge in [0.15, 0.2) is 6.61 Å². The number of hydrogen-bond donors (Lipinski definition) is 3. The highest BCUT2D eigenvalue weighted by Crippen LogP contribution is 2.27. The maximum absolute atomic E-state index is 12.3. The van der Waals surface area contributed by atoms with E-state index in [-0.39, 0.29) is 30.6 Å². The molecule has 7 heteroatoms. The topological polar surface area (TPSA) is 71.6 Å². The number of carbonyl (C=O) groups excluding carboxylic acids is 1. The zero-order valence-corrected chi connectivity index (χ0v) is 15.4. The summed E-state index contributed by atoms with van der Waals surface area (Å²) >= 11 is 6.11.